The fourth-order valence-corrected chi connectivity index (χ4v) is 2.69. The van der Waals surface area contributed by atoms with Gasteiger partial charge in [0, 0.05) is 35.9 Å². The number of aromatic nitrogens is 1. The molecule has 0 fully saturated rings. The van der Waals surface area contributed by atoms with Gasteiger partial charge in [0.25, 0.3) is 0 Å². The fraction of sp³-hybridized carbons (Fsp3) is 0.294. The maximum absolute atomic E-state index is 10.7. The Morgan fingerprint density at radius 2 is 2.00 bits per heavy atom. The number of carbonyl (C=O) groups is 1. The second-order valence-corrected chi connectivity index (χ2v) is 6.43. The van der Waals surface area contributed by atoms with Crippen LogP contribution in [0.4, 0.5) is 5.82 Å². The van der Waals surface area contributed by atoms with Crippen LogP contribution in [0.25, 0.3) is 0 Å². The lowest BCUT2D eigenvalue weighted by Crippen LogP contribution is -2.32. The number of anilines is 1. The third-order valence-corrected chi connectivity index (χ3v) is 3.87. The van der Waals surface area contributed by atoms with Crippen molar-refractivity contribution in [3.63, 3.8) is 0 Å². The molecule has 122 valence electrons. The monoisotopic (exact) mass is 351 g/mol. The molecule has 6 heteroatoms. The number of benzene rings is 1. The Bertz CT molecular complexity index is 661. The van der Waals surface area contributed by atoms with Crippen LogP contribution < -0.4 is 5.32 Å². The summed E-state index contributed by atoms with van der Waals surface area (Å²) < 4.78 is 0. The molecule has 0 saturated carbocycles. The fourth-order valence-electron chi connectivity index (χ4n) is 2.34. The topological polar surface area (TPSA) is 45.2 Å². The molecule has 0 radical (unpaired) electrons. The number of halogens is 2. The number of hydrogen-bond acceptors (Lipinski definition) is 4. The lowest BCUT2D eigenvalue weighted by Gasteiger charge is -2.23. The molecule has 1 atom stereocenters. The van der Waals surface area contributed by atoms with Gasteiger partial charge in [0.1, 0.15) is 5.82 Å². The molecule has 1 heterocycles. The molecule has 0 unspecified atom stereocenters. The largest absolute Gasteiger partial charge is 0.365 e. The summed E-state index contributed by atoms with van der Waals surface area (Å²) in [6.45, 7) is 3.70. The van der Waals surface area contributed by atoms with Gasteiger partial charge in [-0.2, -0.15) is 0 Å². The van der Waals surface area contributed by atoms with Crippen molar-refractivity contribution in [1.82, 2.24) is 9.88 Å². The first kappa shape index (κ1) is 17.7. The van der Waals surface area contributed by atoms with Gasteiger partial charge in [-0.3, -0.25) is 4.79 Å². The third kappa shape index (κ3) is 5.50. The minimum Gasteiger partial charge on any atom is -0.365 e. The Balaban J connectivity index is 1.89. The van der Waals surface area contributed by atoms with E-state index in [1.807, 2.05) is 24.3 Å². The number of rotatable bonds is 7. The van der Waals surface area contributed by atoms with Gasteiger partial charge in [0.05, 0.1) is 5.02 Å². The molecular weight excluding hydrogens is 333 g/mol. The van der Waals surface area contributed by atoms with Gasteiger partial charge in [0.15, 0.2) is 6.29 Å². The van der Waals surface area contributed by atoms with Crippen molar-refractivity contribution < 1.29 is 4.79 Å². The Kier molecular flexibility index (Phi) is 6.39. The van der Waals surface area contributed by atoms with Crippen molar-refractivity contribution in [3.05, 3.63) is 57.7 Å². The first-order chi connectivity index (χ1) is 11.0. The van der Waals surface area contributed by atoms with E-state index in [-0.39, 0.29) is 6.04 Å². The molecule has 0 aliphatic carbocycles. The van der Waals surface area contributed by atoms with E-state index in [4.69, 9.17) is 23.2 Å². The van der Waals surface area contributed by atoms with Crippen molar-refractivity contribution >= 4 is 35.3 Å². The van der Waals surface area contributed by atoms with Crippen LogP contribution in [0.5, 0.6) is 0 Å². The lowest BCUT2D eigenvalue weighted by molar-refractivity contribution is 0.112. The molecule has 0 aliphatic heterocycles. The third-order valence-electron chi connectivity index (χ3n) is 3.33. The van der Waals surface area contributed by atoms with Crippen LogP contribution in [0.2, 0.25) is 10.0 Å². The molecule has 0 amide bonds. The quantitative estimate of drug-likeness (QED) is 0.761. The second kappa shape index (κ2) is 8.29. The van der Waals surface area contributed by atoms with E-state index in [0.29, 0.717) is 16.4 Å². The van der Waals surface area contributed by atoms with E-state index in [1.165, 1.54) is 11.8 Å². The highest BCUT2D eigenvalue weighted by Crippen LogP contribution is 2.20. The molecule has 1 N–H and O–H groups in total. The maximum atomic E-state index is 10.7. The zero-order valence-electron chi connectivity index (χ0n) is 13.1. The van der Waals surface area contributed by atoms with E-state index in [1.54, 1.807) is 6.07 Å². The molecule has 0 aliphatic rings. The zero-order valence-corrected chi connectivity index (χ0v) is 14.6. The summed E-state index contributed by atoms with van der Waals surface area (Å²) in [6, 6.07) is 9.59. The van der Waals surface area contributed by atoms with Gasteiger partial charge in [-0.1, -0.05) is 35.3 Å². The molecule has 4 nitrogen and oxygen atoms in total. The first-order valence-corrected chi connectivity index (χ1v) is 8.03. The predicted molar refractivity (Wildman–Crippen MR) is 95.5 cm³/mol. The van der Waals surface area contributed by atoms with Crippen molar-refractivity contribution in [2.45, 2.75) is 19.5 Å². The number of hydrogen-bond donors (Lipinski definition) is 1. The van der Waals surface area contributed by atoms with E-state index < -0.39 is 0 Å². The SMILES string of the molecule is C[C@H](CN(C)Cc1ccc(Cl)cc1)Nc1ncc(C=O)cc1Cl. The summed E-state index contributed by atoms with van der Waals surface area (Å²) >= 11 is 12.0. The summed E-state index contributed by atoms with van der Waals surface area (Å²) in [4.78, 5) is 17.1. The highest BCUT2D eigenvalue weighted by atomic mass is 35.5. The molecule has 0 saturated heterocycles. The second-order valence-electron chi connectivity index (χ2n) is 5.59. The highest BCUT2D eigenvalue weighted by Gasteiger charge is 2.10. The van der Waals surface area contributed by atoms with E-state index in [2.05, 4.69) is 29.2 Å². The van der Waals surface area contributed by atoms with E-state index in [0.717, 1.165) is 24.4 Å². The van der Waals surface area contributed by atoms with Gasteiger partial charge in [0.2, 0.25) is 0 Å². The molecule has 1 aromatic heterocycles. The van der Waals surface area contributed by atoms with E-state index in [9.17, 15) is 4.79 Å². The zero-order chi connectivity index (χ0) is 16.8. The van der Waals surface area contributed by atoms with Gasteiger partial charge < -0.3 is 10.2 Å². The summed E-state index contributed by atoms with van der Waals surface area (Å²) in [7, 11) is 2.05. The Morgan fingerprint density at radius 1 is 1.30 bits per heavy atom. The predicted octanol–water partition coefficient (Wildman–Crippen LogP) is 4.13. The summed E-state index contributed by atoms with van der Waals surface area (Å²) in [5.74, 6) is 0.588. The lowest BCUT2D eigenvalue weighted by atomic mass is 10.2. The smallest absolute Gasteiger partial charge is 0.151 e. The molecule has 1 aromatic carbocycles. The van der Waals surface area contributed by atoms with Crippen LogP contribution in [0.1, 0.15) is 22.8 Å². The molecule has 23 heavy (non-hydrogen) atoms. The number of pyridine rings is 1. The minimum atomic E-state index is 0.152. The summed E-state index contributed by atoms with van der Waals surface area (Å²) in [6.07, 6.45) is 2.23. The first-order valence-electron chi connectivity index (χ1n) is 7.28. The molecular formula is C17H19Cl2N3O. The van der Waals surface area contributed by atoms with Crippen molar-refractivity contribution in [2.75, 3.05) is 18.9 Å². The van der Waals surface area contributed by atoms with Crippen LogP contribution in [-0.4, -0.2) is 35.8 Å². The summed E-state index contributed by atoms with van der Waals surface area (Å²) in [5, 5.41) is 4.45. The van der Waals surface area contributed by atoms with Crippen molar-refractivity contribution in [2.24, 2.45) is 0 Å². The average molecular weight is 352 g/mol. The standard InChI is InChI=1S/C17H19Cl2N3O/c1-12(21-17-16(19)7-14(11-23)8-20-17)9-22(2)10-13-3-5-15(18)6-4-13/h3-8,11-12H,9-10H2,1-2H3,(H,20,21)/t12-/m1/s1. The van der Waals surface area contributed by atoms with Crippen molar-refractivity contribution in [1.29, 1.82) is 0 Å². The van der Waals surface area contributed by atoms with Crippen LogP contribution in [-0.2, 0) is 6.54 Å². The van der Waals surface area contributed by atoms with Crippen LogP contribution in [0.15, 0.2) is 36.5 Å². The number of likely N-dealkylation sites (N-methyl/N-ethyl adjacent to an activating group) is 1. The molecule has 2 rings (SSSR count). The van der Waals surface area contributed by atoms with Crippen LogP contribution in [0, 0.1) is 0 Å². The Hall–Kier alpha value is -1.62. The summed E-state index contributed by atoms with van der Waals surface area (Å²) in [5.41, 5.74) is 1.67. The van der Waals surface area contributed by atoms with Crippen LogP contribution >= 0.6 is 23.2 Å². The average Bonchev–Trinajstić information content (AvgIpc) is 2.51. The Morgan fingerprint density at radius 3 is 2.61 bits per heavy atom. The number of carbonyl (C=O) groups excluding carboxylic acids is 1. The number of nitrogens with zero attached hydrogens (tertiary/aromatic N) is 2. The number of nitrogens with one attached hydrogen (secondary N) is 1. The van der Waals surface area contributed by atoms with Gasteiger partial charge >= 0.3 is 0 Å². The number of aldehydes is 1. The van der Waals surface area contributed by atoms with Gasteiger partial charge in [-0.05, 0) is 37.7 Å². The molecule has 2 aromatic rings. The highest BCUT2D eigenvalue weighted by molar-refractivity contribution is 6.33. The Labute approximate surface area is 146 Å². The molecule has 0 spiro atoms. The van der Waals surface area contributed by atoms with Crippen LogP contribution in [0.3, 0.4) is 0 Å². The van der Waals surface area contributed by atoms with E-state index >= 15 is 0 Å². The minimum absolute atomic E-state index is 0.152. The van der Waals surface area contributed by atoms with Crippen molar-refractivity contribution in [3.8, 4) is 0 Å². The molecule has 0 bridgehead atoms. The van der Waals surface area contributed by atoms with Gasteiger partial charge in [-0.25, -0.2) is 4.98 Å². The normalized spacial score (nSPS) is 12.2. The van der Waals surface area contributed by atoms with Gasteiger partial charge in [-0.15, -0.1) is 0 Å². The maximum Gasteiger partial charge on any atom is 0.151 e.